The first-order valence-electron chi connectivity index (χ1n) is 7.77. The molecule has 26 heavy (non-hydrogen) atoms. The van der Waals surface area contributed by atoms with E-state index in [1.807, 2.05) is 31.1 Å². The number of benzene rings is 2. The summed E-state index contributed by atoms with van der Waals surface area (Å²) in [5.41, 5.74) is 1.79. The maximum atomic E-state index is 12.2. The van der Waals surface area contributed by atoms with E-state index in [-0.39, 0.29) is 10.6 Å². The van der Waals surface area contributed by atoms with E-state index >= 15 is 0 Å². The van der Waals surface area contributed by atoms with Crippen LogP contribution in [0.2, 0.25) is 0 Å². The molecular weight excluding hydrogens is 378 g/mol. The number of urea groups is 1. The number of carbonyl (C=O) groups excluding carboxylic acids is 1. The summed E-state index contributed by atoms with van der Waals surface area (Å²) in [6.45, 7) is 2.14. The van der Waals surface area contributed by atoms with Crippen LogP contribution in [0.1, 0.15) is 6.92 Å². The molecule has 0 fully saturated rings. The number of hydrogen-bond acceptors (Lipinski definition) is 5. The first kappa shape index (κ1) is 19.9. The molecule has 0 aliphatic carbocycles. The molecule has 0 unspecified atom stereocenters. The molecule has 2 aromatic rings. The Morgan fingerprint density at radius 3 is 2.31 bits per heavy atom. The quantitative estimate of drug-likeness (QED) is 0.725. The smallest absolute Gasteiger partial charge is 0.323 e. The largest absolute Gasteiger partial charge is 0.492 e. The average molecular weight is 398 g/mol. The molecule has 7 nitrogen and oxygen atoms in total. The molecule has 2 N–H and O–H groups in total. The van der Waals surface area contributed by atoms with E-state index in [2.05, 4.69) is 10.6 Å². The highest BCUT2D eigenvalue weighted by atomic mass is 35.7. The van der Waals surface area contributed by atoms with Crippen LogP contribution in [0.25, 0.3) is 0 Å². The van der Waals surface area contributed by atoms with Crippen molar-refractivity contribution in [1.29, 1.82) is 0 Å². The molecule has 9 heteroatoms. The highest BCUT2D eigenvalue weighted by Crippen LogP contribution is 2.29. The van der Waals surface area contributed by atoms with Crippen molar-refractivity contribution in [1.82, 2.24) is 0 Å². The van der Waals surface area contributed by atoms with Crippen molar-refractivity contribution >= 4 is 42.8 Å². The van der Waals surface area contributed by atoms with Gasteiger partial charge in [0, 0.05) is 36.2 Å². The molecule has 0 aliphatic rings. The summed E-state index contributed by atoms with van der Waals surface area (Å²) < 4.78 is 28.4. The van der Waals surface area contributed by atoms with Crippen molar-refractivity contribution in [3.05, 3.63) is 42.5 Å². The Morgan fingerprint density at radius 2 is 1.77 bits per heavy atom. The summed E-state index contributed by atoms with van der Waals surface area (Å²) in [6, 6.07) is 10.7. The Labute approximate surface area is 157 Å². The van der Waals surface area contributed by atoms with Crippen LogP contribution in [-0.4, -0.2) is 35.2 Å². The Balaban J connectivity index is 2.18. The molecule has 0 bridgehead atoms. The lowest BCUT2D eigenvalue weighted by molar-refractivity contribution is 0.262. The first-order valence-corrected chi connectivity index (χ1v) is 10.1. The van der Waals surface area contributed by atoms with Crippen LogP contribution >= 0.6 is 10.7 Å². The fourth-order valence-electron chi connectivity index (χ4n) is 2.17. The summed E-state index contributed by atoms with van der Waals surface area (Å²) >= 11 is 0. The molecule has 0 aromatic heterocycles. The van der Waals surface area contributed by atoms with Crippen molar-refractivity contribution in [2.75, 3.05) is 36.2 Å². The number of amides is 2. The van der Waals surface area contributed by atoms with Crippen LogP contribution in [0.3, 0.4) is 0 Å². The topological polar surface area (TPSA) is 87.7 Å². The van der Waals surface area contributed by atoms with Gasteiger partial charge < -0.3 is 20.3 Å². The summed E-state index contributed by atoms with van der Waals surface area (Å²) in [7, 11) is 5.28. The Morgan fingerprint density at radius 1 is 1.12 bits per heavy atom. The summed E-state index contributed by atoms with van der Waals surface area (Å²) in [5.74, 6) is 0.342. The summed E-state index contributed by atoms with van der Waals surface area (Å²) in [4.78, 5) is 14.1. The predicted molar refractivity (Wildman–Crippen MR) is 104 cm³/mol. The molecule has 2 rings (SSSR count). The number of carbonyl (C=O) groups is 1. The van der Waals surface area contributed by atoms with Gasteiger partial charge in [0.2, 0.25) is 0 Å². The van der Waals surface area contributed by atoms with E-state index in [4.69, 9.17) is 15.4 Å². The summed E-state index contributed by atoms with van der Waals surface area (Å²) in [5, 5.41) is 5.26. The monoisotopic (exact) mass is 397 g/mol. The number of hydrogen-bond donors (Lipinski definition) is 2. The van der Waals surface area contributed by atoms with Gasteiger partial charge in [-0.25, -0.2) is 13.2 Å². The zero-order chi connectivity index (χ0) is 19.3. The van der Waals surface area contributed by atoms with Gasteiger partial charge in [0.25, 0.3) is 9.05 Å². The van der Waals surface area contributed by atoms with Crippen LogP contribution in [0.4, 0.5) is 21.9 Å². The second-order valence-corrected chi connectivity index (χ2v) is 8.12. The lowest BCUT2D eigenvalue weighted by Gasteiger charge is -2.15. The minimum absolute atomic E-state index is 0.131. The summed E-state index contributed by atoms with van der Waals surface area (Å²) in [6.07, 6.45) is 0. The zero-order valence-corrected chi connectivity index (χ0v) is 16.2. The fourth-order valence-corrected chi connectivity index (χ4v) is 2.94. The highest BCUT2D eigenvalue weighted by Gasteiger charge is 2.15. The van der Waals surface area contributed by atoms with Crippen LogP contribution in [0, 0.1) is 0 Å². The number of rotatable bonds is 6. The van der Waals surface area contributed by atoms with Gasteiger partial charge in [-0.3, -0.25) is 0 Å². The number of nitrogens with one attached hydrogen (secondary N) is 2. The molecular formula is C17H20ClN3O4S. The third-order valence-electron chi connectivity index (χ3n) is 3.42. The van der Waals surface area contributed by atoms with Crippen molar-refractivity contribution in [2.45, 2.75) is 11.8 Å². The lowest BCUT2D eigenvalue weighted by Crippen LogP contribution is -2.20. The predicted octanol–water partition coefficient (Wildman–Crippen LogP) is 3.72. The van der Waals surface area contributed by atoms with Gasteiger partial charge in [0.05, 0.1) is 17.2 Å². The van der Waals surface area contributed by atoms with Crippen LogP contribution in [0.5, 0.6) is 5.75 Å². The Hall–Kier alpha value is -2.45. The van der Waals surface area contributed by atoms with E-state index in [1.54, 1.807) is 19.1 Å². The number of anilines is 3. The van der Waals surface area contributed by atoms with Crippen molar-refractivity contribution in [3.63, 3.8) is 0 Å². The standard InChI is InChI=1S/C17H20ClN3O4S/c1-4-25-16-10-9-14(26(18,23)24)11-15(16)20-17(22)19-12-5-7-13(8-6-12)21(2)3/h5-11H,4H2,1-3H3,(H2,19,20,22). The van der Waals surface area contributed by atoms with E-state index in [9.17, 15) is 13.2 Å². The first-order chi connectivity index (χ1) is 12.2. The van der Waals surface area contributed by atoms with E-state index in [0.717, 1.165) is 5.69 Å². The molecule has 2 aromatic carbocycles. The minimum atomic E-state index is -3.92. The molecule has 140 valence electrons. The van der Waals surface area contributed by atoms with Gasteiger partial charge >= 0.3 is 6.03 Å². The van der Waals surface area contributed by atoms with Gasteiger partial charge in [-0.1, -0.05) is 0 Å². The average Bonchev–Trinajstić information content (AvgIpc) is 2.56. The number of halogens is 1. The third-order valence-corrected chi connectivity index (χ3v) is 4.77. The molecule has 0 heterocycles. The fraction of sp³-hybridized carbons (Fsp3) is 0.235. The molecule has 0 saturated heterocycles. The maximum Gasteiger partial charge on any atom is 0.323 e. The zero-order valence-electron chi connectivity index (χ0n) is 14.6. The normalized spacial score (nSPS) is 10.9. The number of nitrogens with zero attached hydrogens (tertiary/aromatic N) is 1. The van der Waals surface area contributed by atoms with Crippen molar-refractivity contribution in [3.8, 4) is 5.75 Å². The SMILES string of the molecule is CCOc1ccc(S(=O)(=O)Cl)cc1NC(=O)Nc1ccc(N(C)C)cc1. The van der Waals surface area contributed by atoms with Crippen LogP contribution in [-0.2, 0) is 9.05 Å². The van der Waals surface area contributed by atoms with E-state index in [1.165, 1.54) is 18.2 Å². The van der Waals surface area contributed by atoms with E-state index in [0.29, 0.717) is 18.0 Å². The van der Waals surface area contributed by atoms with Gasteiger partial charge in [0.15, 0.2) is 0 Å². The maximum absolute atomic E-state index is 12.2. The Kier molecular flexibility index (Phi) is 6.33. The Bertz CT molecular complexity index is 883. The van der Waals surface area contributed by atoms with Gasteiger partial charge in [-0.05, 0) is 49.4 Å². The van der Waals surface area contributed by atoms with Gasteiger partial charge in [-0.2, -0.15) is 0 Å². The number of ether oxygens (including phenoxy) is 1. The van der Waals surface area contributed by atoms with E-state index < -0.39 is 15.1 Å². The van der Waals surface area contributed by atoms with Crippen LogP contribution in [0.15, 0.2) is 47.4 Å². The van der Waals surface area contributed by atoms with Gasteiger partial charge in [0.1, 0.15) is 5.75 Å². The molecule has 0 spiro atoms. The van der Waals surface area contributed by atoms with Crippen LogP contribution < -0.4 is 20.3 Å². The van der Waals surface area contributed by atoms with Crippen molar-refractivity contribution in [2.24, 2.45) is 0 Å². The molecule has 2 amide bonds. The second kappa shape index (κ2) is 8.29. The molecule has 0 aliphatic heterocycles. The molecule has 0 radical (unpaired) electrons. The molecule has 0 atom stereocenters. The van der Waals surface area contributed by atoms with Crippen molar-refractivity contribution < 1.29 is 17.9 Å². The third kappa shape index (κ3) is 5.27. The lowest BCUT2D eigenvalue weighted by atomic mass is 10.2. The highest BCUT2D eigenvalue weighted by molar-refractivity contribution is 8.13. The minimum Gasteiger partial charge on any atom is -0.492 e. The van der Waals surface area contributed by atoms with Gasteiger partial charge in [-0.15, -0.1) is 0 Å². The molecule has 0 saturated carbocycles. The second-order valence-electron chi connectivity index (χ2n) is 5.55.